The molecule has 0 saturated heterocycles. The number of hydrogen-bond donors (Lipinski definition) is 1. The number of carbonyl (C=O) groups is 3. The second-order valence-electron chi connectivity index (χ2n) is 5.95. The molecule has 0 aliphatic heterocycles. The lowest BCUT2D eigenvalue weighted by Gasteiger charge is -2.07. The second-order valence-corrected chi connectivity index (χ2v) is 5.95. The fraction of sp³-hybridized carbons (Fsp3) is 0.526. The molecule has 132 valence electrons. The third-order valence-electron chi connectivity index (χ3n) is 3.49. The highest BCUT2D eigenvalue weighted by Crippen LogP contribution is 2.07. The highest BCUT2D eigenvalue weighted by molar-refractivity contribution is 5.98. The van der Waals surface area contributed by atoms with Gasteiger partial charge in [-0.05, 0) is 24.5 Å². The molecule has 0 saturated carbocycles. The molecule has 1 aromatic rings. The van der Waals surface area contributed by atoms with Gasteiger partial charge in [0, 0.05) is 19.6 Å². The Kier molecular flexibility index (Phi) is 9.61. The predicted octanol–water partition coefficient (Wildman–Crippen LogP) is 2.60. The molecule has 0 spiro atoms. The number of carbonyl (C=O) groups excluding carboxylic acids is 3. The van der Waals surface area contributed by atoms with Crippen molar-refractivity contribution in [1.29, 1.82) is 0 Å². The summed E-state index contributed by atoms with van der Waals surface area (Å²) < 4.78 is 5.30. The number of ketones is 2. The van der Waals surface area contributed by atoms with Crippen molar-refractivity contribution < 1.29 is 19.1 Å². The van der Waals surface area contributed by atoms with Crippen LogP contribution in [0.25, 0.3) is 0 Å². The van der Waals surface area contributed by atoms with E-state index in [2.05, 4.69) is 12.2 Å². The molecule has 0 aliphatic carbocycles. The van der Waals surface area contributed by atoms with Crippen molar-refractivity contribution in [3.63, 3.8) is 0 Å². The van der Waals surface area contributed by atoms with Crippen LogP contribution in [0, 0.1) is 0 Å². The molecule has 1 amide bonds. The van der Waals surface area contributed by atoms with Crippen molar-refractivity contribution in [1.82, 2.24) is 5.32 Å². The van der Waals surface area contributed by atoms with Gasteiger partial charge in [0.25, 0.3) is 0 Å². The summed E-state index contributed by atoms with van der Waals surface area (Å²) in [6.45, 7) is 4.67. The van der Waals surface area contributed by atoms with E-state index in [1.165, 1.54) is 6.92 Å². The molecular formula is C19H27NO4. The highest BCUT2D eigenvalue weighted by atomic mass is 16.5. The summed E-state index contributed by atoms with van der Waals surface area (Å²) in [5.74, 6) is -0.327. The summed E-state index contributed by atoms with van der Waals surface area (Å²) in [7, 11) is 0. The Labute approximate surface area is 143 Å². The van der Waals surface area contributed by atoms with Crippen LogP contribution in [0.1, 0.15) is 50.7 Å². The van der Waals surface area contributed by atoms with Crippen LogP contribution in [0.2, 0.25) is 0 Å². The summed E-state index contributed by atoms with van der Waals surface area (Å²) in [4.78, 5) is 34.2. The fourth-order valence-corrected chi connectivity index (χ4v) is 2.21. The topological polar surface area (TPSA) is 72.5 Å². The van der Waals surface area contributed by atoms with Gasteiger partial charge in [-0.15, -0.1) is 0 Å². The molecule has 1 N–H and O–H groups in total. The van der Waals surface area contributed by atoms with Gasteiger partial charge in [0.2, 0.25) is 5.91 Å². The van der Waals surface area contributed by atoms with Crippen LogP contribution >= 0.6 is 0 Å². The zero-order valence-corrected chi connectivity index (χ0v) is 14.6. The normalized spacial score (nSPS) is 10.4. The van der Waals surface area contributed by atoms with Gasteiger partial charge in [-0.1, -0.05) is 44.0 Å². The standard InChI is InChI=1S/C19H27NO4/c1-3-4-5-10-24-14-19(23)20-13-17-8-6-16(7-9-17)12-18(22)11-15(2)21/h6-9H,3-5,10-14H2,1-2H3,(H,20,23). The average molecular weight is 333 g/mol. The molecule has 0 aromatic heterocycles. The van der Waals surface area contributed by atoms with Crippen LogP contribution in [0.4, 0.5) is 0 Å². The largest absolute Gasteiger partial charge is 0.372 e. The zero-order valence-electron chi connectivity index (χ0n) is 14.6. The molecule has 0 atom stereocenters. The number of ether oxygens (including phenoxy) is 1. The Morgan fingerprint density at radius 1 is 1.04 bits per heavy atom. The molecule has 24 heavy (non-hydrogen) atoms. The van der Waals surface area contributed by atoms with Crippen LogP contribution in [-0.2, 0) is 32.1 Å². The maximum atomic E-state index is 11.7. The van der Waals surface area contributed by atoms with Crippen molar-refractivity contribution in [3.05, 3.63) is 35.4 Å². The van der Waals surface area contributed by atoms with Crippen molar-refractivity contribution in [2.24, 2.45) is 0 Å². The van der Waals surface area contributed by atoms with Gasteiger partial charge in [0.05, 0.1) is 6.42 Å². The minimum absolute atomic E-state index is 0.0178. The quantitative estimate of drug-likeness (QED) is 0.471. The Morgan fingerprint density at radius 3 is 2.33 bits per heavy atom. The van der Waals surface area contributed by atoms with Crippen molar-refractivity contribution in [3.8, 4) is 0 Å². The Morgan fingerprint density at radius 2 is 1.71 bits per heavy atom. The van der Waals surface area contributed by atoms with E-state index in [0.717, 1.165) is 30.4 Å². The van der Waals surface area contributed by atoms with E-state index in [1.54, 1.807) is 0 Å². The molecule has 0 fully saturated rings. The lowest BCUT2D eigenvalue weighted by molar-refractivity contribution is -0.126. The maximum absolute atomic E-state index is 11.7. The molecule has 0 heterocycles. The van der Waals surface area contributed by atoms with Gasteiger partial charge in [-0.2, -0.15) is 0 Å². The Hall–Kier alpha value is -2.01. The Balaban J connectivity index is 2.27. The molecule has 0 unspecified atom stereocenters. The first-order chi connectivity index (χ1) is 11.5. The number of unbranched alkanes of at least 4 members (excludes halogenated alkanes) is 2. The lowest BCUT2D eigenvalue weighted by atomic mass is 10.0. The number of nitrogens with one attached hydrogen (secondary N) is 1. The van der Waals surface area contributed by atoms with E-state index < -0.39 is 0 Å². The molecule has 5 nitrogen and oxygen atoms in total. The summed E-state index contributed by atoms with van der Waals surface area (Å²) in [6, 6.07) is 7.44. The van der Waals surface area contributed by atoms with E-state index in [0.29, 0.717) is 13.2 Å². The van der Waals surface area contributed by atoms with Gasteiger partial charge < -0.3 is 10.1 Å². The van der Waals surface area contributed by atoms with Crippen molar-refractivity contribution >= 4 is 17.5 Å². The zero-order chi connectivity index (χ0) is 17.8. The SMILES string of the molecule is CCCCCOCC(=O)NCc1ccc(CC(=O)CC(C)=O)cc1. The molecule has 0 aliphatic rings. The summed E-state index contributed by atoms with van der Waals surface area (Å²) in [5.41, 5.74) is 1.83. The van der Waals surface area contributed by atoms with Crippen molar-refractivity contribution in [2.45, 2.75) is 52.5 Å². The van der Waals surface area contributed by atoms with E-state index in [9.17, 15) is 14.4 Å². The third kappa shape index (κ3) is 9.20. The predicted molar refractivity (Wildman–Crippen MR) is 92.6 cm³/mol. The maximum Gasteiger partial charge on any atom is 0.246 e. The van der Waals surface area contributed by atoms with Crippen LogP contribution < -0.4 is 5.32 Å². The van der Waals surface area contributed by atoms with Crippen molar-refractivity contribution in [2.75, 3.05) is 13.2 Å². The van der Waals surface area contributed by atoms with Gasteiger partial charge >= 0.3 is 0 Å². The number of hydrogen-bond acceptors (Lipinski definition) is 4. The third-order valence-corrected chi connectivity index (χ3v) is 3.49. The molecule has 1 aromatic carbocycles. The molecule has 0 radical (unpaired) electrons. The van der Waals surface area contributed by atoms with Gasteiger partial charge in [-0.25, -0.2) is 0 Å². The molecular weight excluding hydrogens is 306 g/mol. The van der Waals surface area contributed by atoms with Gasteiger partial charge in [0.15, 0.2) is 0 Å². The smallest absolute Gasteiger partial charge is 0.246 e. The average Bonchev–Trinajstić information content (AvgIpc) is 2.53. The van der Waals surface area contributed by atoms with E-state index in [1.807, 2.05) is 24.3 Å². The number of benzene rings is 1. The monoisotopic (exact) mass is 333 g/mol. The fourth-order valence-electron chi connectivity index (χ4n) is 2.21. The Bertz CT molecular complexity index is 537. The van der Waals surface area contributed by atoms with Gasteiger partial charge in [-0.3, -0.25) is 14.4 Å². The summed E-state index contributed by atoms with van der Waals surface area (Å²) in [5, 5.41) is 2.80. The number of rotatable bonds is 12. The summed E-state index contributed by atoms with van der Waals surface area (Å²) >= 11 is 0. The van der Waals surface area contributed by atoms with E-state index in [-0.39, 0.29) is 36.9 Å². The second kappa shape index (κ2) is 11.5. The minimum Gasteiger partial charge on any atom is -0.372 e. The molecule has 1 rings (SSSR count). The molecule has 0 bridgehead atoms. The first-order valence-corrected chi connectivity index (χ1v) is 8.44. The number of Topliss-reactive ketones (excluding diaryl/α,β-unsaturated/α-hetero) is 2. The first-order valence-electron chi connectivity index (χ1n) is 8.44. The van der Waals surface area contributed by atoms with Crippen LogP contribution in [0.5, 0.6) is 0 Å². The van der Waals surface area contributed by atoms with Crippen LogP contribution in [0.3, 0.4) is 0 Å². The minimum atomic E-state index is -0.132. The summed E-state index contributed by atoms with van der Waals surface area (Å²) in [6.07, 6.45) is 3.47. The van der Waals surface area contributed by atoms with Crippen LogP contribution in [0.15, 0.2) is 24.3 Å². The number of amides is 1. The van der Waals surface area contributed by atoms with E-state index >= 15 is 0 Å². The highest BCUT2D eigenvalue weighted by Gasteiger charge is 2.07. The first kappa shape index (κ1) is 20.0. The lowest BCUT2D eigenvalue weighted by Crippen LogP contribution is -2.27. The van der Waals surface area contributed by atoms with Crippen LogP contribution in [-0.4, -0.2) is 30.7 Å². The van der Waals surface area contributed by atoms with E-state index in [4.69, 9.17) is 4.74 Å². The molecule has 5 heteroatoms. The van der Waals surface area contributed by atoms with Gasteiger partial charge in [0.1, 0.15) is 18.2 Å².